The predicted octanol–water partition coefficient (Wildman–Crippen LogP) is 4.88. The van der Waals surface area contributed by atoms with Gasteiger partial charge in [0.25, 0.3) is 0 Å². The van der Waals surface area contributed by atoms with Crippen molar-refractivity contribution < 1.29 is 13.2 Å². The first kappa shape index (κ1) is 21.2. The van der Waals surface area contributed by atoms with Gasteiger partial charge in [0, 0.05) is 33.7 Å². The van der Waals surface area contributed by atoms with Crippen LogP contribution in [0.4, 0.5) is 0 Å². The molecular weight excluding hydrogens is 441 g/mol. The van der Waals surface area contributed by atoms with Crippen molar-refractivity contribution in [2.75, 3.05) is 11.5 Å². The molecule has 1 atom stereocenters. The Hall–Kier alpha value is -1.53. The normalized spacial score (nSPS) is 18.5. The van der Waals surface area contributed by atoms with Gasteiger partial charge in [0.2, 0.25) is 5.91 Å². The fraction of sp³-hybridized carbons (Fsp3) is 0.250. The molecule has 2 aromatic carbocycles. The van der Waals surface area contributed by atoms with Crippen molar-refractivity contribution >= 4 is 56.6 Å². The Morgan fingerprint density at radius 1 is 1.07 bits per heavy atom. The molecule has 4 nitrogen and oxygen atoms in total. The van der Waals surface area contributed by atoms with Crippen LogP contribution in [0.25, 0.3) is 6.08 Å². The fourth-order valence-electron chi connectivity index (χ4n) is 3.08. The molecule has 1 aliphatic heterocycles. The third-order valence-corrected chi connectivity index (χ3v) is 7.17. The van der Waals surface area contributed by atoms with E-state index in [1.807, 2.05) is 0 Å². The Morgan fingerprint density at radius 2 is 1.75 bits per heavy atom. The maximum atomic E-state index is 12.9. The van der Waals surface area contributed by atoms with E-state index in [9.17, 15) is 13.2 Å². The highest BCUT2D eigenvalue weighted by atomic mass is 35.5. The number of sulfone groups is 1. The fourth-order valence-corrected chi connectivity index (χ4v) is 5.40. The molecular formula is C20H18Cl3NO3S. The van der Waals surface area contributed by atoms with Crippen LogP contribution in [0.5, 0.6) is 0 Å². The molecule has 0 aromatic heterocycles. The zero-order valence-electron chi connectivity index (χ0n) is 14.8. The quantitative estimate of drug-likeness (QED) is 0.600. The maximum Gasteiger partial charge on any atom is 0.247 e. The minimum absolute atomic E-state index is 0.0429. The number of benzene rings is 2. The Kier molecular flexibility index (Phi) is 6.71. The number of carbonyl (C=O) groups is 1. The molecule has 2 aromatic rings. The Morgan fingerprint density at radius 3 is 2.36 bits per heavy atom. The highest BCUT2D eigenvalue weighted by molar-refractivity contribution is 7.91. The lowest BCUT2D eigenvalue weighted by molar-refractivity contribution is -0.128. The summed E-state index contributed by atoms with van der Waals surface area (Å²) in [6.07, 6.45) is 3.53. The number of halogens is 3. The number of rotatable bonds is 5. The van der Waals surface area contributed by atoms with Crippen LogP contribution in [-0.2, 0) is 21.2 Å². The molecule has 8 heteroatoms. The van der Waals surface area contributed by atoms with Crippen LogP contribution >= 0.6 is 34.8 Å². The number of hydrogen-bond acceptors (Lipinski definition) is 3. The smallest absolute Gasteiger partial charge is 0.247 e. The third-order valence-electron chi connectivity index (χ3n) is 4.58. The summed E-state index contributed by atoms with van der Waals surface area (Å²) in [5.41, 5.74) is 1.53. The second kappa shape index (κ2) is 8.87. The summed E-state index contributed by atoms with van der Waals surface area (Å²) in [4.78, 5) is 14.5. The van der Waals surface area contributed by atoms with E-state index in [1.54, 1.807) is 53.4 Å². The molecule has 0 bridgehead atoms. The van der Waals surface area contributed by atoms with Gasteiger partial charge in [-0.1, -0.05) is 53.0 Å². The van der Waals surface area contributed by atoms with Gasteiger partial charge < -0.3 is 4.90 Å². The molecule has 1 saturated heterocycles. The minimum atomic E-state index is -3.14. The van der Waals surface area contributed by atoms with Crippen LogP contribution in [0, 0.1) is 0 Å². The molecule has 1 amide bonds. The summed E-state index contributed by atoms with van der Waals surface area (Å²) in [7, 11) is -3.14. The summed E-state index contributed by atoms with van der Waals surface area (Å²) in [5.74, 6) is -0.238. The molecule has 3 rings (SSSR count). The maximum absolute atomic E-state index is 12.9. The lowest BCUT2D eigenvalue weighted by Gasteiger charge is -2.27. The molecule has 1 aliphatic rings. The van der Waals surface area contributed by atoms with E-state index < -0.39 is 9.84 Å². The van der Waals surface area contributed by atoms with Crippen molar-refractivity contribution in [1.29, 1.82) is 0 Å². The second-order valence-electron chi connectivity index (χ2n) is 6.64. The molecule has 0 N–H and O–H groups in total. The summed E-state index contributed by atoms with van der Waals surface area (Å²) in [5, 5.41) is 1.55. The minimum Gasteiger partial charge on any atom is -0.331 e. The number of amides is 1. The van der Waals surface area contributed by atoms with Crippen molar-refractivity contribution in [3.05, 3.63) is 74.7 Å². The monoisotopic (exact) mass is 457 g/mol. The number of hydrogen-bond donors (Lipinski definition) is 0. The van der Waals surface area contributed by atoms with Crippen molar-refractivity contribution in [2.24, 2.45) is 0 Å². The van der Waals surface area contributed by atoms with E-state index in [2.05, 4.69) is 0 Å². The van der Waals surface area contributed by atoms with Gasteiger partial charge in [0.1, 0.15) is 0 Å². The summed E-state index contributed by atoms with van der Waals surface area (Å²) >= 11 is 18.1. The van der Waals surface area contributed by atoms with Crippen LogP contribution in [0.15, 0.2) is 48.5 Å². The van der Waals surface area contributed by atoms with Gasteiger partial charge in [-0.15, -0.1) is 0 Å². The van der Waals surface area contributed by atoms with Crippen LogP contribution in [-0.4, -0.2) is 36.8 Å². The molecule has 0 saturated carbocycles. The topological polar surface area (TPSA) is 54.5 Å². The van der Waals surface area contributed by atoms with E-state index in [1.165, 1.54) is 6.08 Å². The van der Waals surface area contributed by atoms with Gasteiger partial charge in [-0.3, -0.25) is 4.79 Å². The highest BCUT2D eigenvalue weighted by Crippen LogP contribution is 2.26. The first-order chi connectivity index (χ1) is 13.2. The van der Waals surface area contributed by atoms with E-state index in [4.69, 9.17) is 34.8 Å². The molecule has 28 heavy (non-hydrogen) atoms. The van der Waals surface area contributed by atoms with Crippen LogP contribution in [0.3, 0.4) is 0 Å². The standard InChI is InChI=1S/C20H18Cl3NO3S/c21-16-5-1-14(2-6-16)3-8-20(25)24(18-9-10-28(26,27)13-18)12-15-4-7-17(22)11-19(15)23/h1-8,11,18H,9-10,12-13H2/b8-3+. The molecule has 1 heterocycles. The van der Waals surface area contributed by atoms with E-state index in [0.717, 1.165) is 5.56 Å². The van der Waals surface area contributed by atoms with Gasteiger partial charge in [-0.25, -0.2) is 8.42 Å². The Labute approximate surface area is 179 Å². The van der Waals surface area contributed by atoms with Crippen molar-refractivity contribution in [3.8, 4) is 0 Å². The van der Waals surface area contributed by atoms with Crippen molar-refractivity contribution in [1.82, 2.24) is 4.90 Å². The van der Waals surface area contributed by atoms with E-state index >= 15 is 0 Å². The van der Waals surface area contributed by atoms with Gasteiger partial charge in [0.05, 0.1) is 11.5 Å². The predicted molar refractivity (Wildman–Crippen MR) is 115 cm³/mol. The van der Waals surface area contributed by atoms with E-state index in [-0.39, 0.29) is 30.0 Å². The zero-order valence-corrected chi connectivity index (χ0v) is 17.9. The lowest BCUT2D eigenvalue weighted by atomic mass is 10.1. The van der Waals surface area contributed by atoms with Crippen LogP contribution in [0.1, 0.15) is 17.5 Å². The molecule has 0 aliphatic carbocycles. The second-order valence-corrected chi connectivity index (χ2v) is 10.2. The molecule has 0 radical (unpaired) electrons. The van der Waals surface area contributed by atoms with Gasteiger partial charge >= 0.3 is 0 Å². The van der Waals surface area contributed by atoms with Gasteiger partial charge in [-0.2, -0.15) is 0 Å². The van der Waals surface area contributed by atoms with Gasteiger partial charge in [0.15, 0.2) is 9.84 Å². The summed E-state index contributed by atoms with van der Waals surface area (Å²) in [6, 6.07) is 11.7. The summed E-state index contributed by atoms with van der Waals surface area (Å²) in [6.45, 7) is 0.208. The molecule has 0 spiro atoms. The molecule has 148 valence electrons. The number of carbonyl (C=O) groups excluding carboxylic acids is 1. The average molecular weight is 459 g/mol. The zero-order chi connectivity index (χ0) is 20.3. The third kappa shape index (κ3) is 5.51. The van der Waals surface area contributed by atoms with Crippen molar-refractivity contribution in [3.63, 3.8) is 0 Å². The molecule has 1 unspecified atom stereocenters. The van der Waals surface area contributed by atoms with Gasteiger partial charge in [-0.05, 0) is 47.9 Å². The van der Waals surface area contributed by atoms with Crippen LogP contribution < -0.4 is 0 Å². The first-order valence-electron chi connectivity index (χ1n) is 8.62. The number of nitrogens with zero attached hydrogens (tertiary/aromatic N) is 1. The summed E-state index contributed by atoms with van der Waals surface area (Å²) < 4.78 is 23.9. The Bertz CT molecular complexity index is 1000. The molecule has 1 fully saturated rings. The first-order valence-corrected chi connectivity index (χ1v) is 11.6. The van der Waals surface area contributed by atoms with Crippen molar-refractivity contribution in [2.45, 2.75) is 19.0 Å². The largest absolute Gasteiger partial charge is 0.331 e. The van der Waals surface area contributed by atoms with E-state index in [0.29, 0.717) is 27.1 Å². The lowest BCUT2D eigenvalue weighted by Crippen LogP contribution is -2.39. The SMILES string of the molecule is O=C(/C=C/c1ccc(Cl)cc1)N(Cc1ccc(Cl)cc1Cl)C1CCS(=O)(=O)C1. The van der Waals surface area contributed by atoms with Crippen LogP contribution in [0.2, 0.25) is 15.1 Å². The Balaban J connectivity index is 1.84. The average Bonchev–Trinajstić information content (AvgIpc) is 3.00. The highest BCUT2D eigenvalue weighted by Gasteiger charge is 2.34.